The van der Waals surface area contributed by atoms with Gasteiger partial charge in [-0.2, -0.15) is 0 Å². The van der Waals surface area contributed by atoms with E-state index < -0.39 is 0 Å². The highest BCUT2D eigenvalue weighted by molar-refractivity contribution is 6.17. The van der Waals surface area contributed by atoms with Crippen LogP contribution in [0, 0.1) is 0 Å². The normalized spacial score (nSPS) is 11.5. The van der Waals surface area contributed by atoms with Crippen LogP contribution in [0.15, 0.2) is 255 Å². The van der Waals surface area contributed by atoms with Crippen molar-refractivity contribution in [2.24, 2.45) is 0 Å². The molecular formula is C64H44N4. The number of hydrogen-bond donors (Lipinski definition) is 0. The number of fused-ring (bicyclic) bond motifs is 4. The molecule has 0 fully saturated rings. The first-order chi connectivity index (χ1) is 33.7. The lowest BCUT2D eigenvalue weighted by Crippen LogP contribution is -2.03. The monoisotopic (exact) mass is 868 g/mol. The first-order valence-corrected chi connectivity index (χ1v) is 23.0. The smallest absolute Gasteiger partial charge is 0.160 e. The van der Waals surface area contributed by atoms with E-state index in [9.17, 15) is 0 Å². The molecule has 0 aliphatic heterocycles. The molecule has 0 saturated heterocycles. The molecule has 0 saturated carbocycles. The Morgan fingerprint density at radius 1 is 0.382 bits per heavy atom. The van der Waals surface area contributed by atoms with Crippen molar-refractivity contribution in [2.45, 2.75) is 0 Å². The van der Waals surface area contributed by atoms with Crippen LogP contribution in [-0.2, 0) is 0 Å². The molecule has 0 amide bonds. The summed E-state index contributed by atoms with van der Waals surface area (Å²) in [5, 5.41) is 3.52. The number of rotatable bonds is 10. The molecule has 0 radical (unpaired) electrons. The highest BCUT2D eigenvalue weighted by Crippen LogP contribution is 2.46. The molecule has 320 valence electrons. The summed E-state index contributed by atoms with van der Waals surface area (Å²) in [6, 6.07) is 84.3. The van der Waals surface area contributed by atoms with Crippen molar-refractivity contribution < 1.29 is 0 Å². The summed E-state index contributed by atoms with van der Waals surface area (Å²) < 4.78 is 4.86. The molecule has 0 spiro atoms. The second kappa shape index (κ2) is 17.4. The molecule has 12 aromatic rings. The second-order valence-electron chi connectivity index (χ2n) is 17.0. The van der Waals surface area contributed by atoms with Gasteiger partial charge in [-0.3, -0.25) is 0 Å². The summed E-state index contributed by atoms with van der Waals surface area (Å²) in [5.41, 5.74) is 18.0. The van der Waals surface area contributed by atoms with Crippen molar-refractivity contribution in [1.29, 1.82) is 0 Å². The zero-order valence-corrected chi connectivity index (χ0v) is 37.2. The molecule has 0 aliphatic rings. The third kappa shape index (κ3) is 7.22. The molecule has 0 bridgehead atoms. The standard InChI is InChI=1S/C64H44N4/c1-2-3-33-51-39-49-32-19-20-35-59(49)67(51)52-37-38-60-56(42-52)62-53(44-22-9-4-10-23-44)34-21-36-61(62)68(60)63-54(45-24-11-5-12-25-45)40-50(41-55(63)46-26-13-6-14-27-46)64-65-57(47-28-15-7-16-29-47)43-58(66-64)48-30-17-8-18-31-48/h2-43H,1H2/b33-3-. The van der Waals surface area contributed by atoms with Crippen LogP contribution in [0.3, 0.4) is 0 Å². The van der Waals surface area contributed by atoms with Crippen molar-refractivity contribution in [3.8, 4) is 78.7 Å². The van der Waals surface area contributed by atoms with Gasteiger partial charge in [0.05, 0.1) is 33.6 Å². The lowest BCUT2D eigenvalue weighted by Gasteiger charge is -2.21. The van der Waals surface area contributed by atoms with E-state index in [1.54, 1.807) is 0 Å². The van der Waals surface area contributed by atoms with Gasteiger partial charge in [0.2, 0.25) is 0 Å². The van der Waals surface area contributed by atoms with E-state index in [4.69, 9.17) is 9.97 Å². The number of para-hydroxylation sites is 1. The topological polar surface area (TPSA) is 35.6 Å². The van der Waals surface area contributed by atoms with Crippen LogP contribution in [0.5, 0.6) is 0 Å². The molecule has 0 aliphatic carbocycles. The molecule has 12 rings (SSSR count). The maximum absolute atomic E-state index is 5.36. The van der Waals surface area contributed by atoms with Crippen molar-refractivity contribution in [2.75, 3.05) is 0 Å². The zero-order chi connectivity index (χ0) is 45.4. The van der Waals surface area contributed by atoms with E-state index in [-0.39, 0.29) is 0 Å². The summed E-state index contributed by atoms with van der Waals surface area (Å²) in [5.74, 6) is 0.657. The Morgan fingerprint density at radius 3 is 1.47 bits per heavy atom. The highest BCUT2D eigenvalue weighted by Gasteiger charge is 2.25. The number of aromatic nitrogens is 4. The SMILES string of the molecule is C=C/C=C\c1cc2ccccc2n1-c1ccc2c(c1)c1c(-c3ccccc3)cccc1n2-c1c(-c2ccccc2)cc(-c2nc(-c3ccccc3)cc(-c3ccccc3)n2)cc1-c1ccccc1. The summed E-state index contributed by atoms with van der Waals surface area (Å²) >= 11 is 0. The largest absolute Gasteiger partial charge is 0.310 e. The van der Waals surface area contributed by atoms with Crippen LogP contribution in [0.4, 0.5) is 0 Å². The van der Waals surface area contributed by atoms with E-state index in [1.807, 2.05) is 24.3 Å². The Bertz CT molecular complexity index is 3710. The average Bonchev–Trinajstić information content (AvgIpc) is 3.96. The molecule has 4 heteroatoms. The molecule has 0 unspecified atom stereocenters. The lowest BCUT2D eigenvalue weighted by molar-refractivity contribution is 1.11. The van der Waals surface area contributed by atoms with Gasteiger partial charge in [-0.25, -0.2) is 9.97 Å². The third-order valence-electron chi connectivity index (χ3n) is 12.9. The zero-order valence-electron chi connectivity index (χ0n) is 37.2. The number of benzene rings is 9. The minimum atomic E-state index is 0.657. The third-order valence-corrected chi connectivity index (χ3v) is 12.9. The maximum atomic E-state index is 5.36. The first kappa shape index (κ1) is 40.4. The van der Waals surface area contributed by atoms with Gasteiger partial charge in [0.15, 0.2) is 5.82 Å². The highest BCUT2D eigenvalue weighted by atomic mass is 15.0. The molecular weight excluding hydrogens is 825 g/mol. The van der Waals surface area contributed by atoms with E-state index in [2.05, 4.69) is 246 Å². The van der Waals surface area contributed by atoms with Crippen molar-refractivity contribution in [1.82, 2.24) is 19.1 Å². The van der Waals surface area contributed by atoms with E-state index in [1.165, 1.54) is 16.3 Å². The molecule has 9 aromatic carbocycles. The van der Waals surface area contributed by atoms with Gasteiger partial charge >= 0.3 is 0 Å². The minimum absolute atomic E-state index is 0.657. The van der Waals surface area contributed by atoms with E-state index in [0.717, 1.165) is 94.9 Å². The van der Waals surface area contributed by atoms with Crippen LogP contribution in [0.2, 0.25) is 0 Å². The predicted molar refractivity (Wildman–Crippen MR) is 285 cm³/mol. The Morgan fingerprint density at radius 2 is 0.897 bits per heavy atom. The molecule has 0 atom stereocenters. The van der Waals surface area contributed by atoms with Crippen LogP contribution >= 0.6 is 0 Å². The quantitative estimate of drug-likeness (QED) is 0.128. The molecule has 3 aromatic heterocycles. The number of hydrogen-bond acceptors (Lipinski definition) is 2. The Labute approximate surface area is 395 Å². The number of nitrogens with zero attached hydrogens (tertiary/aromatic N) is 4. The summed E-state index contributed by atoms with van der Waals surface area (Å²) in [6.07, 6.45) is 5.98. The minimum Gasteiger partial charge on any atom is -0.310 e. The average molecular weight is 869 g/mol. The van der Waals surface area contributed by atoms with Crippen LogP contribution in [0.1, 0.15) is 5.69 Å². The first-order valence-electron chi connectivity index (χ1n) is 23.0. The molecule has 68 heavy (non-hydrogen) atoms. The Kier molecular flexibility index (Phi) is 10.3. The number of allylic oxidation sites excluding steroid dienone is 2. The second-order valence-corrected chi connectivity index (χ2v) is 17.0. The maximum Gasteiger partial charge on any atom is 0.160 e. The summed E-state index contributed by atoms with van der Waals surface area (Å²) in [7, 11) is 0. The predicted octanol–water partition coefficient (Wildman–Crippen LogP) is 16.7. The van der Waals surface area contributed by atoms with Crippen LogP contribution in [-0.4, -0.2) is 19.1 Å². The molecule has 3 heterocycles. The van der Waals surface area contributed by atoms with Crippen molar-refractivity contribution >= 4 is 38.8 Å². The van der Waals surface area contributed by atoms with E-state index >= 15 is 0 Å². The molecule has 0 N–H and O–H groups in total. The summed E-state index contributed by atoms with van der Waals surface area (Å²) in [4.78, 5) is 10.7. The fourth-order valence-corrected chi connectivity index (χ4v) is 9.82. The van der Waals surface area contributed by atoms with Gasteiger partial charge in [0, 0.05) is 55.4 Å². The van der Waals surface area contributed by atoms with Gasteiger partial charge in [0.25, 0.3) is 0 Å². The molecule has 4 nitrogen and oxygen atoms in total. The Balaban J connectivity index is 1.20. The fourth-order valence-electron chi connectivity index (χ4n) is 9.82. The lowest BCUT2D eigenvalue weighted by atomic mass is 9.92. The summed E-state index contributed by atoms with van der Waals surface area (Å²) in [6.45, 7) is 3.98. The Hall–Kier alpha value is -9.12. The van der Waals surface area contributed by atoms with Gasteiger partial charge in [-0.1, -0.05) is 201 Å². The van der Waals surface area contributed by atoms with Crippen molar-refractivity contribution in [3.63, 3.8) is 0 Å². The van der Waals surface area contributed by atoms with Gasteiger partial charge in [-0.15, -0.1) is 0 Å². The van der Waals surface area contributed by atoms with E-state index in [0.29, 0.717) is 5.82 Å². The van der Waals surface area contributed by atoms with Crippen LogP contribution < -0.4 is 0 Å². The van der Waals surface area contributed by atoms with Gasteiger partial charge in [-0.05, 0) is 82.9 Å². The van der Waals surface area contributed by atoms with Crippen molar-refractivity contribution in [3.05, 3.63) is 261 Å². The van der Waals surface area contributed by atoms with Gasteiger partial charge in [0.1, 0.15) is 0 Å². The fraction of sp³-hybridized carbons (Fsp3) is 0. The van der Waals surface area contributed by atoms with Crippen LogP contribution in [0.25, 0.3) is 117 Å². The van der Waals surface area contributed by atoms with Gasteiger partial charge < -0.3 is 9.13 Å².